The molecule has 2 aromatic heterocycles. The number of amidine groups is 1. The second-order valence-corrected chi connectivity index (χ2v) is 12.3. The summed E-state index contributed by atoms with van der Waals surface area (Å²) in [6.07, 6.45) is 2.02. The van der Waals surface area contributed by atoms with Crippen molar-refractivity contribution in [3.63, 3.8) is 0 Å². The lowest BCUT2D eigenvalue weighted by Crippen LogP contribution is -2.49. The summed E-state index contributed by atoms with van der Waals surface area (Å²) in [5.74, 6) is -5.17. The van der Waals surface area contributed by atoms with Gasteiger partial charge in [-0.2, -0.15) is 4.39 Å². The van der Waals surface area contributed by atoms with Crippen molar-refractivity contribution in [1.82, 2.24) is 25.1 Å². The number of esters is 1. The van der Waals surface area contributed by atoms with Crippen molar-refractivity contribution >= 4 is 29.1 Å². The highest BCUT2D eigenvalue weighted by molar-refractivity contribution is 7.11. The van der Waals surface area contributed by atoms with Crippen LogP contribution in [0.4, 0.5) is 13.2 Å². The maximum Gasteiger partial charge on any atom is 0.338 e. The standard InChI is InChI=1S/C28H33F3N6O4S/c1-5-41-25(38)20-17(12-37-14-28(30,31)22-18(37)8-10-36(22)13-27(3,4)26(39)40)34-23(24-32-9-11-42-24)35-21(20)16-6-7-19(29)33-15(16)2/h6-7,9,11,18,21-22H,5,8,10,12-14H2,1-4H3,(H,34,35)(H,39,40). The minimum absolute atomic E-state index is 0.0122. The lowest BCUT2D eigenvalue weighted by atomic mass is 9.92. The quantitative estimate of drug-likeness (QED) is 0.327. The number of likely N-dealkylation sites (tertiary alicyclic amines) is 2. The van der Waals surface area contributed by atoms with Gasteiger partial charge in [-0.05, 0) is 40.2 Å². The lowest BCUT2D eigenvalue weighted by molar-refractivity contribution is -0.149. The Kier molecular flexibility index (Phi) is 8.16. The van der Waals surface area contributed by atoms with Crippen molar-refractivity contribution in [3.8, 4) is 0 Å². The van der Waals surface area contributed by atoms with Crippen LogP contribution in [0.25, 0.3) is 0 Å². The van der Waals surface area contributed by atoms with Crippen LogP contribution in [0.3, 0.4) is 0 Å². The third kappa shape index (κ3) is 5.66. The summed E-state index contributed by atoms with van der Waals surface area (Å²) in [5.41, 5.74) is 0.0621. The Morgan fingerprint density at radius 2 is 2.05 bits per heavy atom. The van der Waals surface area contributed by atoms with Gasteiger partial charge in [0.25, 0.3) is 5.92 Å². The SMILES string of the molecule is CCOC(=O)C1=C(CN2CC(F)(F)C3C2CCN3CC(C)(C)C(=O)O)NC(c2nccs2)=NC1c1ccc(F)nc1C. The molecule has 226 valence electrons. The molecular weight excluding hydrogens is 573 g/mol. The van der Waals surface area contributed by atoms with Crippen LogP contribution in [-0.4, -0.2) is 93.4 Å². The summed E-state index contributed by atoms with van der Waals surface area (Å²) in [5, 5.41) is 15.1. The normalized spacial score (nSPS) is 24.4. The number of carbonyl (C=O) groups excluding carboxylic acids is 1. The minimum Gasteiger partial charge on any atom is -0.481 e. The number of nitrogens with zero attached hydrogens (tertiary/aromatic N) is 5. The molecule has 3 aliphatic heterocycles. The number of carbonyl (C=O) groups is 2. The van der Waals surface area contributed by atoms with E-state index in [1.165, 1.54) is 37.3 Å². The molecule has 10 nitrogen and oxygen atoms in total. The topological polar surface area (TPSA) is 120 Å². The van der Waals surface area contributed by atoms with Crippen molar-refractivity contribution in [2.75, 3.05) is 32.8 Å². The third-order valence-corrected chi connectivity index (χ3v) is 8.75. The number of hydrogen-bond donors (Lipinski definition) is 2. The molecule has 0 bridgehead atoms. The lowest BCUT2D eigenvalue weighted by Gasteiger charge is -2.33. The Balaban J connectivity index is 1.54. The number of ether oxygens (including phenoxy) is 1. The number of nitrogens with one attached hydrogen (secondary N) is 1. The number of rotatable bonds is 9. The molecule has 42 heavy (non-hydrogen) atoms. The number of carboxylic acid groups (broad SMARTS) is 1. The second-order valence-electron chi connectivity index (χ2n) is 11.4. The van der Waals surface area contributed by atoms with E-state index in [1.807, 2.05) is 0 Å². The fourth-order valence-corrected chi connectivity index (χ4v) is 6.64. The Labute approximate surface area is 245 Å². The van der Waals surface area contributed by atoms with E-state index in [0.717, 1.165) is 0 Å². The van der Waals surface area contributed by atoms with Gasteiger partial charge in [0.05, 0.1) is 30.2 Å². The summed E-state index contributed by atoms with van der Waals surface area (Å²) in [6.45, 7) is 6.10. The average molecular weight is 607 g/mol. The summed E-state index contributed by atoms with van der Waals surface area (Å²) in [4.78, 5) is 41.4. The van der Waals surface area contributed by atoms with E-state index in [1.54, 1.807) is 35.2 Å². The molecule has 3 aliphatic rings. The van der Waals surface area contributed by atoms with Crippen LogP contribution in [0.1, 0.15) is 49.5 Å². The highest BCUT2D eigenvalue weighted by Gasteiger charge is 2.60. The Bertz CT molecular complexity index is 1430. The number of halogens is 3. The number of pyridine rings is 1. The zero-order valence-electron chi connectivity index (χ0n) is 23.7. The molecule has 2 saturated heterocycles. The number of carboxylic acids is 1. The Hall–Kier alpha value is -3.36. The van der Waals surface area contributed by atoms with Crippen LogP contribution in [0.2, 0.25) is 0 Å². The van der Waals surface area contributed by atoms with Gasteiger partial charge in [0.15, 0.2) is 10.8 Å². The molecular formula is C28H33F3N6O4S. The Morgan fingerprint density at radius 3 is 2.69 bits per heavy atom. The predicted molar refractivity (Wildman–Crippen MR) is 149 cm³/mol. The van der Waals surface area contributed by atoms with Gasteiger partial charge in [-0.1, -0.05) is 6.07 Å². The molecule has 5 heterocycles. The monoisotopic (exact) mass is 606 g/mol. The van der Waals surface area contributed by atoms with E-state index in [2.05, 4.69) is 15.3 Å². The molecule has 0 aromatic carbocycles. The number of aliphatic imine (C=N–C) groups is 1. The fourth-order valence-electron chi connectivity index (χ4n) is 6.05. The first-order valence-corrected chi connectivity index (χ1v) is 14.6. The van der Waals surface area contributed by atoms with E-state index in [-0.39, 0.29) is 25.3 Å². The van der Waals surface area contributed by atoms with Crippen LogP contribution >= 0.6 is 11.3 Å². The molecule has 0 amide bonds. The molecule has 0 aliphatic carbocycles. The number of fused-ring (bicyclic) bond motifs is 1. The first-order chi connectivity index (χ1) is 19.8. The minimum atomic E-state index is -3.11. The molecule has 2 fully saturated rings. The third-order valence-electron chi connectivity index (χ3n) is 7.97. The van der Waals surface area contributed by atoms with Crippen LogP contribution in [0, 0.1) is 18.3 Å². The van der Waals surface area contributed by atoms with Gasteiger partial charge in [-0.25, -0.2) is 23.5 Å². The van der Waals surface area contributed by atoms with E-state index in [9.17, 15) is 19.1 Å². The van der Waals surface area contributed by atoms with Gasteiger partial charge in [-0.15, -0.1) is 11.3 Å². The van der Waals surface area contributed by atoms with E-state index < -0.39 is 53.9 Å². The fraction of sp³-hybridized carbons (Fsp3) is 0.536. The Morgan fingerprint density at radius 1 is 1.29 bits per heavy atom. The molecule has 2 aromatic rings. The van der Waals surface area contributed by atoms with Crippen LogP contribution in [-0.2, 0) is 14.3 Å². The first kappa shape index (κ1) is 30.1. The molecule has 3 atom stereocenters. The number of hydrogen-bond acceptors (Lipinski definition) is 10. The molecule has 14 heteroatoms. The maximum atomic E-state index is 15.6. The average Bonchev–Trinajstić information content (AvgIpc) is 3.63. The van der Waals surface area contributed by atoms with Crippen molar-refractivity contribution in [2.24, 2.45) is 10.4 Å². The van der Waals surface area contributed by atoms with E-state index in [0.29, 0.717) is 40.8 Å². The molecule has 0 radical (unpaired) electrons. The zero-order chi connectivity index (χ0) is 30.4. The van der Waals surface area contributed by atoms with Gasteiger partial charge in [-0.3, -0.25) is 19.6 Å². The highest BCUT2D eigenvalue weighted by Crippen LogP contribution is 2.43. The summed E-state index contributed by atoms with van der Waals surface area (Å²) in [6, 6.07) is 0.00705. The highest BCUT2D eigenvalue weighted by atomic mass is 32.1. The van der Waals surface area contributed by atoms with Gasteiger partial charge < -0.3 is 15.2 Å². The zero-order valence-corrected chi connectivity index (χ0v) is 24.6. The smallest absolute Gasteiger partial charge is 0.338 e. The van der Waals surface area contributed by atoms with E-state index >= 15 is 8.78 Å². The van der Waals surface area contributed by atoms with Gasteiger partial charge in [0, 0.05) is 54.2 Å². The largest absolute Gasteiger partial charge is 0.481 e. The summed E-state index contributed by atoms with van der Waals surface area (Å²) in [7, 11) is 0. The van der Waals surface area contributed by atoms with Gasteiger partial charge in [0.2, 0.25) is 5.95 Å². The first-order valence-electron chi connectivity index (χ1n) is 13.7. The van der Waals surface area contributed by atoms with E-state index in [4.69, 9.17) is 9.73 Å². The van der Waals surface area contributed by atoms with Gasteiger partial charge in [0.1, 0.15) is 6.04 Å². The number of aromatic nitrogens is 2. The van der Waals surface area contributed by atoms with Crippen LogP contribution in [0.5, 0.6) is 0 Å². The molecule has 0 spiro atoms. The number of alkyl halides is 2. The van der Waals surface area contributed by atoms with Gasteiger partial charge >= 0.3 is 11.9 Å². The van der Waals surface area contributed by atoms with Crippen molar-refractivity contribution in [3.05, 3.63) is 57.2 Å². The number of aliphatic carboxylic acids is 1. The molecule has 5 rings (SSSR count). The molecule has 2 N–H and O–H groups in total. The van der Waals surface area contributed by atoms with Crippen molar-refractivity contribution < 1.29 is 32.6 Å². The number of aryl methyl sites for hydroxylation is 1. The molecule has 0 saturated carbocycles. The second kappa shape index (κ2) is 11.4. The predicted octanol–water partition coefficient (Wildman–Crippen LogP) is 3.40. The van der Waals surface area contributed by atoms with Crippen molar-refractivity contribution in [1.29, 1.82) is 0 Å². The van der Waals surface area contributed by atoms with Crippen LogP contribution < -0.4 is 5.32 Å². The summed E-state index contributed by atoms with van der Waals surface area (Å²) >= 11 is 1.31. The van der Waals surface area contributed by atoms with Crippen LogP contribution in [0.15, 0.2) is 40.0 Å². The maximum absolute atomic E-state index is 15.6. The summed E-state index contributed by atoms with van der Waals surface area (Å²) < 4.78 is 50.5. The number of thiazole rings is 1. The van der Waals surface area contributed by atoms with Crippen molar-refractivity contribution in [2.45, 2.75) is 58.2 Å². The molecule has 3 unspecified atom stereocenters.